The normalized spacial score (nSPS) is 24.8. The van der Waals surface area contributed by atoms with Gasteiger partial charge in [0.05, 0.1) is 6.61 Å². The van der Waals surface area contributed by atoms with E-state index < -0.39 is 10.8 Å². The molecule has 3 atom stereocenters. The fourth-order valence-electron chi connectivity index (χ4n) is 1.48. The predicted molar refractivity (Wildman–Crippen MR) is 63.8 cm³/mol. The molecule has 94 valence electrons. The van der Waals surface area contributed by atoms with Gasteiger partial charge in [-0.3, -0.25) is 9.00 Å². The van der Waals surface area contributed by atoms with Gasteiger partial charge in [0, 0.05) is 41.9 Å². The topological polar surface area (TPSA) is 67.4 Å². The van der Waals surface area contributed by atoms with Crippen molar-refractivity contribution in [1.82, 2.24) is 10.6 Å². The van der Waals surface area contributed by atoms with Crippen LogP contribution in [0.3, 0.4) is 0 Å². The summed E-state index contributed by atoms with van der Waals surface area (Å²) in [4.78, 5) is 11.7. The van der Waals surface area contributed by atoms with Crippen LogP contribution in [0.4, 0.5) is 0 Å². The van der Waals surface area contributed by atoms with E-state index in [0.717, 1.165) is 13.0 Å². The van der Waals surface area contributed by atoms with Crippen molar-refractivity contribution >= 4 is 16.7 Å². The first-order valence-electron chi connectivity index (χ1n) is 5.52. The van der Waals surface area contributed by atoms with Gasteiger partial charge in [-0.05, 0) is 13.3 Å². The molecule has 0 aromatic heterocycles. The number of amides is 1. The lowest BCUT2D eigenvalue weighted by molar-refractivity contribution is -0.134. The summed E-state index contributed by atoms with van der Waals surface area (Å²) in [7, 11) is -0.801. The Kier molecular flexibility index (Phi) is 5.94. The van der Waals surface area contributed by atoms with Crippen molar-refractivity contribution in [3.63, 3.8) is 0 Å². The summed E-state index contributed by atoms with van der Waals surface area (Å²) in [6, 6.07) is 0.0435. The summed E-state index contributed by atoms with van der Waals surface area (Å²) in [5.41, 5.74) is 0. The van der Waals surface area contributed by atoms with Crippen molar-refractivity contribution in [2.75, 3.05) is 31.7 Å². The van der Waals surface area contributed by atoms with Crippen LogP contribution in [-0.2, 0) is 20.3 Å². The maximum Gasteiger partial charge on any atom is 0.250 e. The third kappa shape index (κ3) is 5.05. The zero-order valence-corrected chi connectivity index (χ0v) is 10.6. The first kappa shape index (κ1) is 13.6. The van der Waals surface area contributed by atoms with Crippen LogP contribution in [0.2, 0.25) is 0 Å². The highest BCUT2D eigenvalue weighted by Crippen LogP contribution is 1.99. The molecular formula is C10H20N2O3S. The van der Waals surface area contributed by atoms with Gasteiger partial charge >= 0.3 is 0 Å². The van der Waals surface area contributed by atoms with Crippen LogP contribution in [0, 0.1) is 0 Å². The Morgan fingerprint density at radius 3 is 3.00 bits per heavy atom. The summed E-state index contributed by atoms with van der Waals surface area (Å²) in [6.45, 7) is 3.86. The second kappa shape index (κ2) is 6.98. The molecule has 1 amide bonds. The molecule has 0 aliphatic carbocycles. The van der Waals surface area contributed by atoms with Gasteiger partial charge in [-0.1, -0.05) is 0 Å². The SMILES string of the molecule is CC(CCS(C)=O)NC(=O)C1CNCCO1. The van der Waals surface area contributed by atoms with Crippen molar-refractivity contribution < 1.29 is 13.7 Å². The summed E-state index contributed by atoms with van der Waals surface area (Å²) in [6.07, 6.45) is 2.01. The average molecular weight is 248 g/mol. The Hall–Kier alpha value is -0.460. The molecule has 16 heavy (non-hydrogen) atoms. The maximum absolute atomic E-state index is 11.7. The fraction of sp³-hybridized carbons (Fsp3) is 0.900. The lowest BCUT2D eigenvalue weighted by atomic mass is 10.2. The summed E-state index contributed by atoms with van der Waals surface area (Å²) in [5.74, 6) is 0.534. The highest BCUT2D eigenvalue weighted by atomic mass is 32.2. The van der Waals surface area contributed by atoms with E-state index in [9.17, 15) is 9.00 Å². The van der Waals surface area contributed by atoms with Gasteiger partial charge in [0.15, 0.2) is 0 Å². The highest BCUT2D eigenvalue weighted by Gasteiger charge is 2.22. The van der Waals surface area contributed by atoms with Crippen molar-refractivity contribution in [1.29, 1.82) is 0 Å². The van der Waals surface area contributed by atoms with Gasteiger partial charge in [-0.2, -0.15) is 0 Å². The molecule has 1 aliphatic heterocycles. The van der Waals surface area contributed by atoms with Crippen molar-refractivity contribution in [3.8, 4) is 0 Å². The zero-order chi connectivity index (χ0) is 12.0. The van der Waals surface area contributed by atoms with E-state index in [-0.39, 0.29) is 18.1 Å². The molecule has 0 aromatic rings. The molecule has 0 bridgehead atoms. The van der Waals surface area contributed by atoms with Crippen molar-refractivity contribution in [3.05, 3.63) is 0 Å². The van der Waals surface area contributed by atoms with Gasteiger partial charge in [0.25, 0.3) is 5.91 Å². The molecule has 0 saturated carbocycles. The molecule has 0 radical (unpaired) electrons. The number of ether oxygens (including phenoxy) is 1. The fourth-order valence-corrected chi connectivity index (χ4v) is 2.17. The number of hydrogen-bond acceptors (Lipinski definition) is 4. The minimum atomic E-state index is -0.801. The highest BCUT2D eigenvalue weighted by molar-refractivity contribution is 7.84. The molecule has 1 fully saturated rings. The van der Waals surface area contributed by atoms with Crippen LogP contribution in [0.1, 0.15) is 13.3 Å². The van der Waals surface area contributed by atoms with Crippen molar-refractivity contribution in [2.45, 2.75) is 25.5 Å². The largest absolute Gasteiger partial charge is 0.366 e. The van der Waals surface area contributed by atoms with Gasteiger partial charge in [0.2, 0.25) is 0 Å². The van der Waals surface area contributed by atoms with E-state index in [1.165, 1.54) is 0 Å². The first-order valence-corrected chi connectivity index (χ1v) is 7.25. The van der Waals surface area contributed by atoms with E-state index in [2.05, 4.69) is 10.6 Å². The second-order valence-corrected chi connectivity index (χ2v) is 5.59. The molecule has 1 saturated heterocycles. The van der Waals surface area contributed by atoms with Gasteiger partial charge in [-0.15, -0.1) is 0 Å². The van der Waals surface area contributed by atoms with Crippen LogP contribution < -0.4 is 10.6 Å². The molecular weight excluding hydrogens is 228 g/mol. The smallest absolute Gasteiger partial charge is 0.250 e. The zero-order valence-electron chi connectivity index (χ0n) is 9.82. The Morgan fingerprint density at radius 1 is 1.69 bits per heavy atom. The second-order valence-electron chi connectivity index (χ2n) is 4.04. The van der Waals surface area contributed by atoms with Crippen LogP contribution in [0.5, 0.6) is 0 Å². The number of morpholine rings is 1. The Morgan fingerprint density at radius 2 is 2.44 bits per heavy atom. The van der Waals surface area contributed by atoms with E-state index in [4.69, 9.17) is 4.74 Å². The van der Waals surface area contributed by atoms with E-state index in [1.807, 2.05) is 6.92 Å². The average Bonchev–Trinajstić information content (AvgIpc) is 2.27. The number of rotatable bonds is 5. The Labute approximate surface area is 98.8 Å². The number of carbonyl (C=O) groups is 1. The molecule has 0 aromatic carbocycles. The van der Waals surface area contributed by atoms with Gasteiger partial charge in [0.1, 0.15) is 6.10 Å². The monoisotopic (exact) mass is 248 g/mol. The summed E-state index contributed by atoms with van der Waals surface area (Å²) in [5, 5.41) is 5.97. The number of nitrogens with one attached hydrogen (secondary N) is 2. The minimum Gasteiger partial charge on any atom is -0.366 e. The van der Waals surface area contributed by atoms with Crippen molar-refractivity contribution in [2.24, 2.45) is 0 Å². The number of carbonyl (C=O) groups excluding carboxylic acids is 1. The third-order valence-corrected chi connectivity index (χ3v) is 3.26. The predicted octanol–water partition coefficient (Wildman–Crippen LogP) is -0.752. The van der Waals surface area contributed by atoms with E-state index in [1.54, 1.807) is 6.26 Å². The van der Waals surface area contributed by atoms with E-state index in [0.29, 0.717) is 18.9 Å². The standard InChI is InChI=1S/C10H20N2O3S/c1-8(3-6-16(2)14)12-10(13)9-7-11-4-5-15-9/h8-9,11H,3-7H2,1-2H3,(H,12,13). The molecule has 6 heteroatoms. The molecule has 1 rings (SSSR count). The Bertz CT molecular complexity index is 254. The molecule has 5 nitrogen and oxygen atoms in total. The molecule has 1 aliphatic rings. The molecule has 2 N–H and O–H groups in total. The van der Waals surface area contributed by atoms with Crippen LogP contribution >= 0.6 is 0 Å². The van der Waals surface area contributed by atoms with E-state index >= 15 is 0 Å². The third-order valence-electron chi connectivity index (χ3n) is 2.45. The maximum atomic E-state index is 11.7. The molecule has 0 spiro atoms. The van der Waals surface area contributed by atoms with Crippen LogP contribution in [0.25, 0.3) is 0 Å². The molecule has 3 unspecified atom stereocenters. The Balaban J connectivity index is 2.23. The number of hydrogen-bond donors (Lipinski definition) is 2. The lowest BCUT2D eigenvalue weighted by Crippen LogP contribution is -2.49. The quantitative estimate of drug-likeness (QED) is 0.672. The first-order chi connectivity index (χ1) is 7.59. The van der Waals surface area contributed by atoms with Gasteiger partial charge in [-0.25, -0.2) is 0 Å². The van der Waals surface area contributed by atoms with Gasteiger partial charge < -0.3 is 15.4 Å². The molecule has 1 heterocycles. The minimum absolute atomic E-state index is 0.0435. The summed E-state index contributed by atoms with van der Waals surface area (Å²) < 4.78 is 16.2. The van der Waals surface area contributed by atoms with Crippen LogP contribution in [0.15, 0.2) is 0 Å². The summed E-state index contributed by atoms with van der Waals surface area (Å²) >= 11 is 0. The van der Waals surface area contributed by atoms with Crippen LogP contribution in [-0.4, -0.2) is 54.0 Å². The lowest BCUT2D eigenvalue weighted by Gasteiger charge is -2.24.